The Kier molecular flexibility index (Phi) is 4.04. The van der Waals surface area contributed by atoms with E-state index in [4.69, 9.17) is 0 Å². The van der Waals surface area contributed by atoms with Gasteiger partial charge in [0.15, 0.2) is 0 Å². The molecule has 0 bridgehead atoms. The van der Waals surface area contributed by atoms with Crippen molar-refractivity contribution in [1.82, 2.24) is 10.2 Å². The molecule has 0 aromatic heterocycles. The first-order valence-corrected chi connectivity index (χ1v) is 6.72. The van der Waals surface area contributed by atoms with Crippen LogP contribution >= 0.6 is 0 Å². The van der Waals surface area contributed by atoms with Crippen LogP contribution in [0.3, 0.4) is 0 Å². The molecule has 2 heteroatoms. The van der Waals surface area contributed by atoms with Gasteiger partial charge in [0.1, 0.15) is 0 Å². The summed E-state index contributed by atoms with van der Waals surface area (Å²) in [6.07, 6.45) is 4.44. The maximum atomic E-state index is 3.51. The van der Waals surface area contributed by atoms with Crippen molar-refractivity contribution >= 4 is 0 Å². The van der Waals surface area contributed by atoms with Gasteiger partial charge in [0.25, 0.3) is 0 Å². The van der Waals surface area contributed by atoms with Crippen LogP contribution in [0.1, 0.15) is 33.1 Å². The van der Waals surface area contributed by atoms with E-state index in [1.165, 1.54) is 52.0 Å². The summed E-state index contributed by atoms with van der Waals surface area (Å²) in [5.74, 6) is 2.79. The third-order valence-corrected chi connectivity index (χ3v) is 4.36. The van der Waals surface area contributed by atoms with Crippen LogP contribution in [0, 0.1) is 17.8 Å². The van der Waals surface area contributed by atoms with Gasteiger partial charge >= 0.3 is 0 Å². The molecule has 1 saturated heterocycles. The van der Waals surface area contributed by atoms with Crippen molar-refractivity contribution in [2.75, 3.05) is 32.7 Å². The first-order valence-electron chi connectivity index (χ1n) is 6.72. The van der Waals surface area contributed by atoms with Crippen LogP contribution in [-0.2, 0) is 0 Å². The van der Waals surface area contributed by atoms with E-state index in [-0.39, 0.29) is 0 Å². The van der Waals surface area contributed by atoms with Crippen molar-refractivity contribution in [3.05, 3.63) is 0 Å². The Labute approximate surface area is 94.4 Å². The number of rotatable bonds is 5. The third kappa shape index (κ3) is 2.94. The average Bonchev–Trinajstić information content (AvgIpc) is 2.56. The molecule has 88 valence electrons. The van der Waals surface area contributed by atoms with E-state index >= 15 is 0 Å². The Morgan fingerprint density at radius 3 is 2.47 bits per heavy atom. The zero-order valence-corrected chi connectivity index (χ0v) is 10.3. The minimum Gasteiger partial charge on any atom is -0.316 e. The molecule has 0 aromatic carbocycles. The van der Waals surface area contributed by atoms with Gasteiger partial charge in [0, 0.05) is 13.1 Å². The van der Waals surface area contributed by atoms with E-state index in [0.717, 1.165) is 17.8 Å². The first kappa shape index (κ1) is 11.4. The van der Waals surface area contributed by atoms with E-state index in [0.29, 0.717) is 0 Å². The normalized spacial score (nSPS) is 32.2. The molecule has 0 radical (unpaired) electrons. The van der Waals surface area contributed by atoms with E-state index in [1.54, 1.807) is 0 Å². The Balaban J connectivity index is 1.73. The van der Waals surface area contributed by atoms with E-state index < -0.39 is 0 Å². The van der Waals surface area contributed by atoms with Crippen LogP contribution in [0.4, 0.5) is 0 Å². The van der Waals surface area contributed by atoms with Crippen molar-refractivity contribution in [2.24, 2.45) is 17.8 Å². The minimum absolute atomic E-state index is 0.875. The monoisotopic (exact) mass is 210 g/mol. The Bertz CT molecular complexity index is 189. The molecule has 2 aliphatic rings. The van der Waals surface area contributed by atoms with Crippen molar-refractivity contribution in [1.29, 1.82) is 0 Å². The maximum absolute atomic E-state index is 3.51. The molecule has 2 rings (SSSR count). The Hall–Kier alpha value is -0.0800. The second kappa shape index (κ2) is 5.31. The molecule has 1 heterocycles. The number of nitrogens with zero attached hydrogens (tertiary/aromatic N) is 1. The highest BCUT2D eigenvalue weighted by molar-refractivity contribution is 4.82. The number of hydrogen-bond acceptors (Lipinski definition) is 2. The first-order chi connectivity index (χ1) is 7.29. The molecular formula is C13H26N2. The van der Waals surface area contributed by atoms with Gasteiger partial charge in [-0.25, -0.2) is 0 Å². The summed E-state index contributed by atoms with van der Waals surface area (Å²) < 4.78 is 0. The quantitative estimate of drug-likeness (QED) is 0.746. The Morgan fingerprint density at radius 2 is 2.00 bits per heavy atom. The molecule has 0 spiro atoms. The molecule has 15 heavy (non-hydrogen) atoms. The molecule has 2 fully saturated rings. The number of nitrogens with one attached hydrogen (secondary N) is 1. The molecule has 1 aliphatic carbocycles. The van der Waals surface area contributed by atoms with Gasteiger partial charge in [-0.1, -0.05) is 20.3 Å². The van der Waals surface area contributed by atoms with Crippen LogP contribution in [0.5, 0.6) is 0 Å². The molecule has 2 nitrogen and oxygen atoms in total. The molecular weight excluding hydrogens is 184 g/mol. The molecule has 1 saturated carbocycles. The summed E-state index contributed by atoms with van der Waals surface area (Å²) in [5.41, 5.74) is 0. The zero-order valence-electron chi connectivity index (χ0n) is 10.3. The number of hydrogen-bond donors (Lipinski definition) is 1. The molecule has 0 aromatic rings. The van der Waals surface area contributed by atoms with Gasteiger partial charge in [-0.3, -0.25) is 0 Å². The van der Waals surface area contributed by atoms with Gasteiger partial charge < -0.3 is 10.2 Å². The lowest BCUT2D eigenvalue weighted by molar-refractivity contribution is 0.158. The second-order valence-electron chi connectivity index (χ2n) is 5.54. The molecule has 1 N–H and O–H groups in total. The zero-order chi connectivity index (χ0) is 10.7. The fraction of sp³-hybridized carbons (Fsp3) is 1.00. The summed E-state index contributed by atoms with van der Waals surface area (Å²) in [5, 5.41) is 3.51. The van der Waals surface area contributed by atoms with Crippen LogP contribution in [-0.4, -0.2) is 37.6 Å². The summed E-state index contributed by atoms with van der Waals surface area (Å²) >= 11 is 0. The van der Waals surface area contributed by atoms with Gasteiger partial charge in [0.05, 0.1) is 0 Å². The van der Waals surface area contributed by atoms with Gasteiger partial charge in [-0.05, 0) is 50.2 Å². The van der Waals surface area contributed by atoms with Crippen molar-refractivity contribution in [3.8, 4) is 0 Å². The molecule has 0 unspecified atom stereocenters. The van der Waals surface area contributed by atoms with E-state index in [1.807, 2.05) is 0 Å². The van der Waals surface area contributed by atoms with Crippen LogP contribution < -0.4 is 5.32 Å². The van der Waals surface area contributed by atoms with Crippen LogP contribution in [0.2, 0.25) is 0 Å². The third-order valence-electron chi connectivity index (χ3n) is 4.36. The molecule has 0 amide bonds. The SMILES string of the molecule is CCN(CC1CCC1)C[C@@H]1CNC[C@H]1C. The minimum atomic E-state index is 0.875. The second-order valence-corrected chi connectivity index (χ2v) is 5.54. The molecule has 2 atom stereocenters. The predicted molar refractivity (Wildman–Crippen MR) is 65.0 cm³/mol. The van der Waals surface area contributed by atoms with Crippen LogP contribution in [0.15, 0.2) is 0 Å². The smallest absolute Gasteiger partial charge is 0.00248 e. The topological polar surface area (TPSA) is 15.3 Å². The van der Waals surface area contributed by atoms with Gasteiger partial charge in [-0.15, -0.1) is 0 Å². The van der Waals surface area contributed by atoms with Gasteiger partial charge in [-0.2, -0.15) is 0 Å². The maximum Gasteiger partial charge on any atom is 0.00248 e. The lowest BCUT2D eigenvalue weighted by Gasteiger charge is -2.33. The van der Waals surface area contributed by atoms with Gasteiger partial charge in [0.2, 0.25) is 0 Å². The van der Waals surface area contributed by atoms with E-state index in [2.05, 4.69) is 24.1 Å². The van der Waals surface area contributed by atoms with Crippen molar-refractivity contribution in [3.63, 3.8) is 0 Å². The average molecular weight is 210 g/mol. The predicted octanol–water partition coefficient (Wildman–Crippen LogP) is 1.96. The summed E-state index contributed by atoms with van der Waals surface area (Å²) in [6.45, 7) is 11.1. The summed E-state index contributed by atoms with van der Waals surface area (Å²) in [6, 6.07) is 0. The fourth-order valence-electron chi connectivity index (χ4n) is 2.81. The lowest BCUT2D eigenvalue weighted by atomic mass is 9.85. The largest absolute Gasteiger partial charge is 0.316 e. The fourth-order valence-corrected chi connectivity index (χ4v) is 2.81. The van der Waals surface area contributed by atoms with E-state index in [9.17, 15) is 0 Å². The summed E-state index contributed by atoms with van der Waals surface area (Å²) in [7, 11) is 0. The van der Waals surface area contributed by atoms with Crippen molar-refractivity contribution in [2.45, 2.75) is 33.1 Å². The van der Waals surface area contributed by atoms with Crippen molar-refractivity contribution < 1.29 is 0 Å². The lowest BCUT2D eigenvalue weighted by Crippen LogP contribution is -2.37. The highest BCUT2D eigenvalue weighted by Crippen LogP contribution is 2.27. The molecule has 1 aliphatic heterocycles. The highest BCUT2D eigenvalue weighted by atomic mass is 15.1. The highest BCUT2D eigenvalue weighted by Gasteiger charge is 2.26. The standard InChI is InChI=1S/C13H26N2/c1-3-15(9-12-5-4-6-12)10-13-8-14-7-11(13)2/h11-14H,3-10H2,1-2H3/t11-,13+/m1/s1. The summed E-state index contributed by atoms with van der Waals surface area (Å²) in [4.78, 5) is 2.68. The van der Waals surface area contributed by atoms with Crippen LogP contribution in [0.25, 0.3) is 0 Å². The Morgan fingerprint density at radius 1 is 1.20 bits per heavy atom.